The van der Waals surface area contributed by atoms with Crippen LogP contribution in [0.3, 0.4) is 0 Å². The van der Waals surface area contributed by atoms with Gasteiger partial charge in [-0.1, -0.05) is 18.2 Å². The van der Waals surface area contributed by atoms with Gasteiger partial charge in [-0.2, -0.15) is 10.1 Å². The number of benzene rings is 2. The van der Waals surface area contributed by atoms with Gasteiger partial charge in [-0.15, -0.1) is 0 Å². The molecule has 0 aliphatic rings. The second-order valence-electron chi connectivity index (χ2n) is 6.83. The molecule has 3 aromatic heterocycles. The molecular formula is C21H19N7. The minimum absolute atomic E-state index is 0.490. The number of hydrogen-bond acceptors (Lipinski definition) is 5. The standard InChI is InChI=1S/C21H19N7/c22-20-17(8-13-2-4-18-16(7-13)12-26-28-18)11-25-21(27-20)24-10-14-1-3-15-5-6-23-19(15)9-14/h1-7,9,11-12,23H,8,10H2,(H,26,28)(H3,22,24,25,27). The first kappa shape index (κ1) is 16.3. The Morgan fingerprint density at radius 1 is 0.929 bits per heavy atom. The van der Waals surface area contributed by atoms with E-state index < -0.39 is 0 Å². The molecule has 7 nitrogen and oxygen atoms in total. The Hall–Kier alpha value is -3.87. The van der Waals surface area contributed by atoms with E-state index in [4.69, 9.17) is 5.73 Å². The molecule has 0 saturated carbocycles. The average Bonchev–Trinajstić information content (AvgIpc) is 3.36. The van der Waals surface area contributed by atoms with Crippen LogP contribution in [-0.4, -0.2) is 25.1 Å². The summed E-state index contributed by atoms with van der Waals surface area (Å²) in [4.78, 5) is 12.1. The van der Waals surface area contributed by atoms with Crippen LogP contribution in [0.2, 0.25) is 0 Å². The first-order valence-corrected chi connectivity index (χ1v) is 9.08. The van der Waals surface area contributed by atoms with Crippen molar-refractivity contribution in [3.63, 3.8) is 0 Å². The number of aromatic nitrogens is 5. The zero-order chi connectivity index (χ0) is 18.9. The highest BCUT2D eigenvalue weighted by molar-refractivity contribution is 5.80. The number of nitrogens with two attached hydrogens (primary N) is 1. The Labute approximate surface area is 161 Å². The van der Waals surface area contributed by atoms with Crippen molar-refractivity contribution in [2.24, 2.45) is 0 Å². The van der Waals surface area contributed by atoms with Gasteiger partial charge in [0.25, 0.3) is 0 Å². The van der Waals surface area contributed by atoms with E-state index in [0.29, 0.717) is 24.7 Å². The van der Waals surface area contributed by atoms with E-state index in [-0.39, 0.29) is 0 Å². The molecule has 0 fully saturated rings. The molecular weight excluding hydrogens is 350 g/mol. The quantitative estimate of drug-likeness (QED) is 0.378. The fraction of sp³-hybridized carbons (Fsp3) is 0.0952. The molecule has 5 aromatic rings. The Balaban J connectivity index is 1.29. The SMILES string of the molecule is Nc1nc(NCc2ccc3cc[nH]c3c2)ncc1Cc1ccc2[nH]ncc2c1. The summed E-state index contributed by atoms with van der Waals surface area (Å²) < 4.78 is 0. The smallest absolute Gasteiger partial charge is 0.224 e. The molecule has 5 N–H and O–H groups in total. The predicted octanol–water partition coefficient (Wildman–Crippen LogP) is 3.62. The van der Waals surface area contributed by atoms with E-state index in [1.54, 1.807) is 6.20 Å². The minimum Gasteiger partial charge on any atom is -0.383 e. The zero-order valence-electron chi connectivity index (χ0n) is 15.1. The number of anilines is 2. The van der Waals surface area contributed by atoms with Crippen molar-refractivity contribution >= 4 is 33.6 Å². The van der Waals surface area contributed by atoms with E-state index in [2.05, 4.69) is 66.9 Å². The minimum atomic E-state index is 0.490. The van der Waals surface area contributed by atoms with Crippen LogP contribution in [-0.2, 0) is 13.0 Å². The molecule has 0 aliphatic carbocycles. The summed E-state index contributed by atoms with van der Waals surface area (Å²) in [5, 5.41) is 12.5. The van der Waals surface area contributed by atoms with Gasteiger partial charge in [0.05, 0.1) is 11.7 Å². The van der Waals surface area contributed by atoms with Gasteiger partial charge in [-0.05, 0) is 40.8 Å². The summed E-state index contributed by atoms with van der Waals surface area (Å²) in [6.07, 6.45) is 6.22. The topological polar surface area (TPSA) is 108 Å². The molecule has 138 valence electrons. The number of H-pyrrole nitrogens is 2. The van der Waals surface area contributed by atoms with Gasteiger partial charge in [-0.3, -0.25) is 5.10 Å². The Morgan fingerprint density at radius 3 is 2.79 bits per heavy atom. The van der Waals surface area contributed by atoms with Crippen LogP contribution in [0.1, 0.15) is 16.7 Å². The Bertz CT molecular complexity index is 1270. The second kappa shape index (κ2) is 6.70. The maximum Gasteiger partial charge on any atom is 0.224 e. The lowest BCUT2D eigenvalue weighted by Crippen LogP contribution is -2.07. The summed E-state index contributed by atoms with van der Waals surface area (Å²) in [7, 11) is 0. The number of rotatable bonds is 5. The number of nitrogens with one attached hydrogen (secondary N) is 3. The van der Waals surface area contributed by atoms with Crippen LogP contribution in [0, 0.1) is 0 Å². The maximum atomic E-state index is 6.18. The van der Waals surface area contributed by atoms with Crippen LogP contribution in [0.25, 0.3) is 21.8 Å². The summed E-state index contributed by atoms with van der Waals surface area (Å²) >= 11 is 0. The number of nitrogens with zero attached hydrogens (tertiary/aromatic N) is 3. The average molecular weight is 369 g/mol. The fourth-order valence-corrected chi connectivity index (χ4v) is 3.35. The molecule has 0 unspecified atom stereocenters. The maximum absolute atomic E-state index is 6.18. The van der Waals surface area contributed by atoms with E-state index in [0.717, 1.165) is 33.1 Å². The molecule has 0 atom stereocenters. The molecule has 2 aromatic carbocycles. The number of nitrogen functional groups attached to an aromatic ring is 1. The Morgan fingerprint density at radius 2 is 1.86 bits per heavy atom. The van der Waals surface area contributed by atoms with Crippen molar-refractivity contribution in [2.75, 3.05) is 11.1 Å². The molecule has 28 heavy (non-hydrogen) atoms. The first-order valence-electron chi connectivity index (χ1n) is 9.08. The summed E-state index contributed by atoms with van der Waals surface area (Å²) in [6.45, 7) is 0.630. The van der Waals surface area contributed by atoms with Crippen molar-refractivity contribution in [2.45, 2.75) is 13.0 Å². The molecule has 0 aliphatic heterocycles. The monoisotopic (exact) mass is 369 g/mol. The predicted molar refractivity (Wildman–Crippen MR) is 111 cm³/mol. The molecule has 0 bridgehead atoms. The number of aromatic amines is 2. The summed E-state index contributed by atoms with van der Waals surface area (Å²) in [6, 6.07) is 14.5. The third-order valence-electron chi connectivity index (χ3n) is 4.87. The lowest BCUT2D eigenvalue weighted by atomic mass is 10.1. The van der Waals surface area contributed by atoms with Gasteiger partial charge >= 0.3 is 0 Å². The third kappa shape index (κ3) is 3.14. The molecule has 3 heterocycles. The third-order valence-corrected chi connectivity index (χ3v) is 4.87. The normalized spacial score (nSPS) is 11.3. The molecule has 7 heteroatoms. The highest BCUT2D eigenvalue weighted by Crippen LogP contribution is 2.20. The van der Waals surface area contributed by atoms with Crippen molar-refractivity contribution < 1.29 is 0 Å². The van der Waals surface area contributed by atoms with Crippen LogP contribution in [0.5, 0.6) is 0 Å². The van der Waals surface area contributed by atoms with E-state index >= 15 is 0 Å². The molecule has 0 amide bonds. The molecule has 0 radical (unpaired) electrons. The van der Waals surface area contributed by atoms with Gasteiger partial charge in [0.2, 0.25) is 5.95 Å². The van der Waals surface area contributed by atoms with Crippen LogP contribution in [0.4, 0.5) is 11.8 Å². The fourth-order valence-electron chi connectivity index (χ4n) is 3.35. The van der Waals surface area contributed by atoms with Crippen molar-refractivity contribution in [3.8, 4) is 0 Å². The summed E-state index contributed by atoms with van der Waals surface area (Å²) in [5.41, 5.74) is 11.5. The highest BCUT2D eigenvalue weighted by Gasteiger charge is 2.07. The van der Waals surface area contributed by atoms with Crippen LogP contribution in [0.15, 0.2) is 61.1 Å². The largest absolute Gasteiger partial charge is 0.383 e. The second-order valence-corrected chi connectivity index (χ2v) is 6.83. The van der Waals surface area contributed by atoms with Gasteiger partial charge in [-0.25, -0.2) is 4.98 Å². The van der Waals surface area contributed by atoms with Crippen LogP contribution >= 0.6 is 0 Å². The lowest BCUT2D eigenvalue weighted by molar-refractivity contribution is 1.03. The zero-order valence-corrected chi connectivity index (χ0v) is 15.1. The van der Waals surface area contributed by atoms with Crippen LogP contribution < -0.4 is 11.1 Å². The van der Waals surface area contributed by atoms with Gasteiger partial charge < -0.3 is 16.0 Å². The van der Waals surface area contributed by atoms with E-state index in [1.165, 1.54) is 5.39 Å². The van der Waals surface area contributed by atoms with Crippen molar-refractivity contribution in [3.05, 3.63) is 77.7 Å². The first-order chi connectivity index (χ1) is 13.7. The number of hydrogen-bond donors (Lipinski definition) is 4. The van der Waals surface area contributed by atoms with Gasteiger partial charge in [0.15, 0.2) is 0 Å². The van der Waals surface area contributed by atoms with Crippen molar-refractivity contribution in [1.82, 2.24) is 25.1 Å². The van der Waals surface area contributed by atoms with Crippen molar-refractivity contribution in [1.29, 1.82) is 0 Å². The highest BCUT2D eigenvalue weighted by atomic mass is 15.1. The number of fused-ring (bicyclic) bond motifs is 2. The molecule has 0 saturated heterocycles. The molecule has 5 rings (SSSR count). The Kier molecular flexibility index (Phi) is 3.90. The van der Waals surface area contributed by atoms with Gasteiger partial charge in [0, 0.05) is 41.8 Å². The molecule has 0 spiro atoms. The van der Waals surface area contributed by atoms with E-state index in [1.807, 2.05) is 18.5 Å². The van der Waals surface area contributed by atoms with Gasteiger partial charge in [0.1, 0.15) is 5.82 Å². The summed E-state index contributed by atoms with van der Waals surface area (Å²) in [5.74, 6) is 1.02. The van der Waals surface area contributed by atoms with E-state index in [9.17, 15) is 0 Å². The lowest BCUT2D eigenvalue weighted by Gasteiger charge is -2.09.